The Hall–Kier alpha value is -2.06. The molecule has 0 saturated heterocycles. The summed E-state index contributed by atoms with van der Waals surface area (Å²) in [5, 5.41) is 25.0. The van der Waals surface area contributed by atoms with Gasteiger partial charge in [-0.25, -0.2) is 0 Å². The first-order chi connectivity index (χ1) is 10.5. The van der Waals surface area contributed by atoms with Gasteiger partial charge in [0.1, 0.15) is 25.1 Å². The minimum Gasteiger partial charge on any atom is -0.491 e. The molecule has 3 N–H and O–H groups in total. The summed E-state index contributed by atoms with van der Waals surface area (Å²) in [5.41, 5.74) is 0.807. The number of nitrogens with zero attached hydrogens (tertiary/aromatic N) is 1. The van der Waals surface area contributed by atoms with E-state index in [2.05, 4.69) is 15.5 Å². The third-order valence-corrected chi connectivity index (χ3v) is 2.69. The van der Waals surface area contributed by atoms with Gasteiger partial charge in [0.05, 0.1) is 0 Å². The Morgan fingerprint density at radius 2 is 2.00 bits per heavy atom. The third-order valence-electron chi connectivity index (χ3n) is 2.69. The summed E-state index contributed by atoms with van der Waals surface area (Å²) in [6.45, 7) is 5.03. The molecule has 0 radical (unpaired) electrons. The number of aliphatic hydroxyl groups excluding tert-OH is 1. The molecule has 0 aliphatic carbocycles. The number of nitrogens with one attached hydrogen (secondary N) is 2. The first-order valence-electron chi connectivity index (χ1n) is 7.13. The second kappa shape index (κ2) is 9.80. The smallest absolute Gasteiger partial charge is 0.294 e. The van der Waals surface area contributed by atoms with E-state index < -0.39 is 11.2 Å². The van der Waals surface area contributed by atoms with Crippen LogP contribution in [0.25, 0.3) is 0 Å². The molecule has 1 aromatic rings. The van der Waals surface area contributed by atoms with E-state index in [-0.39, 0.29) is 13.2 Å². The average Bonchev–Trinajstić information content (AvgIpc) is 2.48. The Bertz CT molecular complexity index is 439. The fourth-order valence-corrected chi connectivity index (χ4v) is 1.61. The van der Waals surface area contributed by atoms with Gasteiger partial charge in [0.15, 0.2) is 0 Å². The van der Waals surface area contributed by atoms with E-state index in [1.807, 2.05) is 13.8 Å². The fraction of sp³-hybridized carbons (Fsp3) is 0.571. The van der Waals surface area contributed by atoms with Crippen LogP contribution in [-0.4, -0.2) is 48.6 Å². The van der Waals surface area contributed by atoms with Gasteiger partial charge in [0.25, 0.3) is 5.09 Å². The molecule has 1 atom stereocenters. The van der Waals surface area contributed by atoms with Gasteiger partial charge in [-0.3, -0.25) is 0 Å². The van der Waals surface area contributed by atoms with Gasteiger partial charge in [0, 0.05) is 24.8 Å². The van der Waals surface area contributed by atoms with Crippen LogP contribution in [0.1, 0.15) is 13.8 Å². The summed E-state index contributed by atoms with van der Waals surface area (Å²) < 4.78 is 5.48. The van der Waals surface area contributed by atoms with E-state index in [0.29, 0.717) is 24.9 Å². The van der Waals surface area contributed by atoms with Gasteiger partial charge in [-0.2, -0.15) is 0 Å². The highest BCUT2D eigenvalue weighted by atomic mass is 16.9. The Kier molecular flexibility index (Phi) is 8.01. The predicted octanol–water partition coefficient (Wildman–Crippen LogP) is 1.04. The molecule has 0 fully saturated rings. The Morgan fingerprint density at radius 3 is 2.59 bits per heavy atom. The van der Waals surface area contributed by atoms with Crippen LogP contribution in [0.3, 0.4) is 0 Å². The topological polar surface area (TPSA) is 106 Å². The van der Waals surface area contributed by atoms with Crippen molar-refractivity contribution in [2.45, 2.75) is 26.0 Å². The van der Waals surface area contributed by atoms with Crippen molar-refractivity contribution >= 4 is 5.69 Å². The molecule has 22 heavy (non-hydrogen) atoms. The number of hydrogen-bond acceptors (Lipinski definition) is 7. The van der Waals surface area contributed by atoms with Gasteiger partial charge in [0.2, 0.25) is 0 Å². The first-order valence-corrected chi connectivity index (χ1v) is 7.13. The monoisotopic (exact) mass is 313 g/mol. The van der Waals surface area contributed by atoms with E-state index in [4.69, 9.17) is 4.74 Å². The van der Waals surface area contributed by atoms with Crippen LogP contribution in [0, 0.1) is 10.1 Å². The second-order valence-corrected chi connectivity index (χ2v) is 5.04. The second-order valence-electron chi connectivity index (χ2n) is 5.04. The molecule has 1 aromatic carbocycles. The highest BCUT2D eigenvalue weighted by Gasteiger charge is 2.06. The maximum Gasteiger partial charge on any atom is 0.294 e. The summed E-state index contributed by atoms with van der Waals surface area (Å²) in [4.78, 5) is 14.2. The van der Waals surface area contributed by atoms with Gasteiger partial charge < -0.3 is 25.3 Å². The zero-order chi connectivity index (χ0) is 16.4. The quantitative estimate of drug-likeness (QED) is 0.318. The molecule has 8 nitrogen and oxygen atoms in total. The highest BCUT2D eigenvalue weighted by Crippen LogP contribution is 2.15. The van der Waals surface area contributed by atoms with Crippen LogP contribution in [0.2, 0.25) is 0 Å². The van der Waals surface area contributed by atoms with Crippen molar-refractivity contribution in [1.82, 2.24) is 5.32 Å². The van der Waals surface area contributed by atoms with Crippen LogP contribution < -0.4 is 15.4 Å². The lowest BCUT2D eigenvalue weighted by Crippen LogP contribution is -2.35. The lowest BCUT2D eigenvalue weighted by molar-refractivity contribution is -0.757. The molecule has 0 aromatic heterocycles. The first kappa shape index (κ1) is 18.0. The zero-order valence-electron chi connectivity index (χ0n) is 12.8. The molecule has 0 aliphatic heterocycles. The van der Waals surface area contributed by atoms with Crippen LogP contribution in [-0.2, 0) is 4.84 Å². The minimum absolute atomic E-state index is 0.0136. The molecule has 124 valence electrons. The van der Waals surface area contributed by atoms with Crippen molar-refractivity contribution in [3.05, 3.63) is 34.4 Å². The summed E-state index contributed by atoms with van der Waals surface area (Å²) in [5.74, 6) is 0.649. The number of ether oxygens (including phenoxy) is 1. The number of rotatable bonds is 11. The molecule has 1 rings (SSSR count). The lowest BCUT2D eigenvalue weighted by Gasteiger charge is -2.15. The van der Waals surface area contributed by atoms with E-state index in [1.54, 1.807) is 24.3 Å². The van der Waals surface area contributed by atoms with Crippen molar-refractivity contribution in [2.75, 3.05) is 31.6 Å². The SMILES string of the molecule is CC(C)NCC(O)COc1ccc(NCCO[N+](=O)[O-])cc1. The van der Waals surface area contributed by atoms with Gasteiger partial charge in [-0.05, 0) is 24.3 Å². The number of benzene rings is 1. The van der Waals surface area contributed by atoms with Crippen LogP contribution in [0.4, 0.5) is 5.69 Å². The molecular weight excluding hydrogens is 290 g/mol. The van der Waals surface area contributed by atoms with Gasteiger partial charge in [-0.1, -0.05) is 13.8 Å². The van der Waals surface area contributed by atoms with Crippen LogP contribution in [0.5, 0.6) is 5.75 Å². The molecule has 0 heterocycles. The van der Waals surface area contributed by atoms with Crippen LogP contribution in [0.15, 0.2) is 24.3 Å². The van der Waals surface area contributed by atoms with E-state index in [1.165, 1.54) is 0 Å². The third kappa shape index (κ3) is 8.28. The number of anilines is 1. The maximum atomic E-state index is 9.98. The van der Waals surface area contributed by atoms with E-state index >= 15 is 0 Å². The summed E-state index contributed by atoms with van der Waals surface area (Å²) in [6.07, 6.45) is -0.570. The Labute approximate surface area is 129 Å². The largest absolute Gasteiger partial charge is 0.491 e. The number of hydrogen-bond donors (Lipinski definition) is 3. The minimum atomic E-state index is -0.821. The molecule has 0 bridgehead atoms. The molecule has 8 heteroatoms. The Balaban J connectivity index is 2.25. The van der Waals surface area contributed by atoms with E-state index in [0.717, 1.165) is 5.69 Å². The maximum absolute atomic E-state index is 9.98. The fourth-order valence-electron chi connectivity index (χ4n) is 1.61. The molecule has 0 saturated carbocycles. The van der Waals surface area contributed by atoms with Crippen LogP contribution >= 0.6 is 0 Å². The lowest BCUT2D eigenvalue weighted by atomic mass is 10.3. The predicted molar refractivity (Wildman–Crippen MR) is 82.5 cm³/mol. The van der Waals surface area contributed by atoms with Gasteiger partial charge in [-0.15, -0.1) is 10.1 Å². The van der Waals surface area contributed by atoms with Crippen molar-refractivity contribution in [2.24, 2.45) is 0 Å². The molecule has 0 spiro atoms. The molecule has 1 unspecified atom stereocenters. The summed E-state index contributed by atoms with van der Waals surface area (Å²) in [7, 11) is 0. The average molecular weight is 313 g/mol. The van der Waals surface area contributed by atoms with E-state index in [9.17, 15) is 15.2 Å². The van der Waals surface area contributed by atoms with Crippen molar-refractivity contribution in [1.29, 1.82) is 0 Å². The van der Waals surface area contributed by atoms with Crippen molar-refractivity contribution in [3.63, 3.8) is 0 Å². The number of aliphatic hydroxyl groups is 1. The Morgan fingerprint density at radius 1 is 1.32 bits per heavy atom. The zero-order valence-corrected chi connectivity index (χ0v) is 12.8. The normalized spacial score (nSPS) is 12.0. The molecule has 0 aliphatic rings. The summed E-state index contributed by atoms with van der Waals surface area (Å²) in [6, 6.07) is 7.43. The summed E-state index contributed by atoms with van der Waals surface area (Å²) >= 11 is 0. The molecule has 0 amide bonds. The molecular formula is C14H23N3O5. The van der Waals surface area contributed by atoms with Crippen molar-refractivity contribution < 1.29 is 19.8 Å². The van der Waals surface area contributed by atoms with Gasteiger partial charge >= 0.3 is 0 Å². The standard InChI is InChI=1S/C14H23N3O5/c1-11(2)16-9-13(18)10-21-14-5-3-12(4-6-14)15-7-8-22-17(19)20/h3-6,11,13,15-16,18H,7-10H2,1-2H3. The highest BCUT2D eigenvalue weighted by molar-refractivity contribution is 5.46. The van der Waals surface area contributed by atoms with Crippen molar-refractivity contribution in [3.8, 4) is 5.75 Å².